The number of aromatic nitrogens is 4. The molecule has 1 unspecified atom stereocenters. The van der Waals surface area contributed by atoms with Crippen LogP contribution in [0, 0.1) is 6.92 Å². The van der Waals surface area contributed by atoms with Crippen molar-refractivity contribution >= 4 is 5.91 Å². The second-order valence-electron chi connectivity index (χ2n) is 4.64. The van der Waals surface area contributed by atoms with Gasteiger partial charge in [0.05, 0.1) is 13.2 Å². The maximum atomic E-state index is 12.3. The topological polar surface area (TPSA) is 84.0 Å². The van der Waals surface area contributed by atoms with Gasteiger partial charge in [0, 0.05) is 24.6 Å². The Hall–Kier alpha value is -2.28. The summed E-state index contributed by atoms with van der Waals surface area (Å²) >= 11 is 0. The Kier molecular flexibility index (Phi) is 3.42. The van der Waals surface area contributed by atoms with Gasteiger partial charge in [-0.3, -0.25) is 9.89 Å². The number of hydrogen-bond donors (Lipinski definition) is 1. The Balaban J connectivity index is 1.75. The third kappa shape index (κ3) is 2.53. The molecular weight excluding hydrogens is 258 g/mol. The molecule has 0 aliphatic carbocycles. The van der Waals surface area contributed by atoms with E-state index < -0.39 is 0 Å². The van der Waals surface area contributed by atoms with Gasteiger partial charge < -0.3 is 9.64 Å². The maximum absolute atomic E-state index is 12.3. The number of H-pyrrole nitrogens is 1. The molecule has 0 bridgehead atoms. The van der Waals surface area contributed by atoms with Gasteiger partial charge in [-0.05, 0) is 19.1 Å². The molecule has 20 heavy (non-hydrogen) atoms. The summed E-state index contributed by atoms with van der Waals surface area (Å²) in [5, 5.41) is 6.48. The van der Waals surface area contributed by atoms with Crippen LogP contribution in [0.3, 0.4) is 0 Å². The second kappa shape index (κ2) is 5.38. The minimum Gasteiger partial charge on any atom is -0.367 e. The third-order valence-electron chi connectivity index (χ3n) is 3.19. The fourth-order valence-electron chi connectivity index (χ4n) is 2.16. The van der Waals surface area contributed by atoms with Crippen LogP contribution in [0.2, 0.25) is 0 Å². The zero-order valence-corrected chi connectivity index (χ0v) is 11.1. The quantitative estimate of drug-likeness (QED) is 0.871. The van der Waals surface area contributed by atoms with Crippen LogP contribution >= 0.6 is 0 Å². The van der Waals surface area contributed by atoms with E-state index in [4.69, 9.17) is 4.74 Å². The van der Waals surface area contributed by atoms with Gasteiger partial charge in [0.15, 0.2) is 5.82 Å². The number of aryl methyl sites for hydroxylation is 1. The molecular formula is C13H15N5O2. The van der Waals surface area contributed by atoms with Crippen LogP contribution in [-0.4, -0.2) is 50.7 Å². The zero-order valence-electron chi connectivity index (χ0n) is 11.1. The summed E-state index contributed by atoms with van der Waals surface area (Å²) in [6, 6.07) is 3.50. The number of morpholine rings is 1. The molecule has 0 spiro atoms. The molecule has 0 radical (unpaired) electrons. The highest BCUT2D eigenvalue weighted by molar-refractivity contribution is 5.92. The van der Waals surface area contributed by atoms with Crippen LogP contribution < -0.4 is 0 Å². The van der Waals surface area contributed by atoms with Crippen LogP contribution in [-0.2, 0) is 4.74 Å². The van der Waals surface area contributed by atoms with Crippen molar-refractivity contribution in [3.05, 3.63) is 41.7 Å². The van der Waals surface area contributed by atoms with E-state index in [9.17, 15) is 4.79 Å². The van der Waals surface area contributed by atoms with E-state index in [1.165, 1.54) is 0 Å². The van der Waals surface area contributed by atoms with E-state index in [2.05, 4.69) is 20.2 Å². The van der Waals surface area contributed by atoms with E-state index >= 15 is 0 Å². The predicted molar refractivity (Wildman–Crippen MR) is 70.0 cm³/mol. The van der Waals surface area contributed by atoms with Crippen LogP contribution in [0.15, 0.2) is 24.5 Å². The Morgan fingerprint density at radius 3 is 3.10 bits per heavy atom. The number of rotatable bonds is 2. The first-order valence-corrected chi connectivity index (χ1v) is 6.44. The van der Waals surface area contributed by atoms with E-state index in [0.717, 1.165) is 5.69 Å². The molecule has 1 amide bonds. The lowest BCUT2D eigenvalue weighted by Crippen LogP contribution is -2.42. The van der Waals surface area contributed by atoms with Crippen molar-refractivity contribution in [3.63, 3.8) is 0 Å². The lowest BCUT2D eigenvalue weighted by atomic mass is 10.2. The van der Waals surface area contributed by atoms with Crippen LogP contribution in [0.4, 0.5) is 0 Å². The molecule has 3 rings (SSSR count). The molecule has 2 aromatic rings. The van der Waals surface area contributed by atoms with E-state index in [-0.39, 0.29) is 12.0 Å². The number of nitrogens with zero attached hydrogens (tertiary/aromatic N) is 4. The lowest BCUT2D eigenvalue weighted by Gasteiger charge is -2.31. The molecule has 1 saturated heterocycles. The number of carbonyl (C=O) groups is 1. The molecule has 7 heteroatoms. The molecule has 1 fully saturated rings. The molecule has 1 aliphatic heterocycles. The fourth-order valence-corrected chi connectivity index (χ4v) is 2.16. The third-order valence-corrected chi connectivity index (χ3v) is 3.19. The minimum atomic E-state index is -0.282. The standard InChI is InChI=1S/C13H15N5O2/c1-9-2-4-14-12(16-9)11-8-18(6-7-20-11)13(19)10-3-5-15-17-10/h2-5,11H,6-8H2,1H3,(H,15,17). The van der Waals surface area contributed by atoms with E-state index in [1.54, 1.807) is 23.4 Å². The highest BCUT2D eigenvalue weighted by Gasteiger charge is 2.28. The zero-order chi connectivity index (χ0) is 13.9. The largest absolute Gasteiger partial charge is 0.367 e. The lowest BCUT2D eigenvalue weighted by molar-refractivity contribution is -0.0270. The van der Waals surface area contributed by atoms with Gasteiger partial charge >= 0.3 is 0 Å². The maximum Gasteiger partial charge on any atom is 0.272 e. The Bertz CT molecular complexity index is 599. The van der Waals surface area contributed by atoms with Gasteiger partial charge in [0.2, 0.25) is 0 Å². The van der Waals surface area contributed by atoms with Crippen molar-refractivity contribution in [2.75, 3.05) is 19.7 Å². The van der Waals surface area contributed by atoms with Gasteiger partial charge in [0.25, 0.3) is 5.91 Å². The van der Waals surface area contributed by atoms with Crippen molar-refractivity contribution < 1.29 is 9.53 Å². The SMILES string of the molecule is Cc1ccnc(C2CN(C(=O)c3ccn[nH]3)CCO2)n1. The van der Waals surface area contributed by atoms with Gasteiger partial charge in [-0.25, -0.2) is 9.97 Å². The van der Waals surface area contributed by atoms with Crippen LogP contribution in [0.5, 0.6) is 0 Å². The highest BCUT2D eigenvalue weighted by atomic mass is 16.5. The summed E-state index contributed by atoms with van der Waals surface area (Å²) in [4.78, 5) is 22.6. The van der Waals surface area contributed by atoms with E-state index in [0.29, 0.717) is 31.2 Å². The van der Waals surface area contributed by atoms with Crippen molar-refractivity contribution in [1.29, 1.82) is 0 Å². The number of carbonyl (C=O) groups excluding carboxylic acids is 1. The van der Waals surface area contributed by atoms with Gasteiger partial charge in [-0.15, -0.1) is 0 Å². The summed E-state index contributed by atoms with van der Waals surface area (Å²) in [6.07, 6.45) is 2.99. The van der Waals surface area contributed by atoms with Crippen molar-refractivity contribution in [3.8, 4) is 0 Å². The summed E-state index contributed by atoms with van der Waals surface area (Å²) in [5.41, 5.74) is 1.37. The molecule has 0 saturated carbocycles. The van der Waals surface area contributed by atoms with Crippen molar-refractivity contribution in [2.45, 2.75) is 13.0 Å². The van der Waals surface area contributed by atoms with Crippen molar-refractivity contribution in [2.24, 2.45) is 0 Å². The molecule has 0 aromatic carbocycles. The number of hydrogen-bond acceptors (Lipinski definition) is 5. The van der Waals surface area contributed by atoms with Gasteiger partial charge in [-0.2, -0.15) is 5.10 Å². The smallest absolute Gasteiger partial charge is 0.272 e. The molecule has 2 aromatic heterocycles. The summed E-state index contributed by atoms with van der Waals surface area (Å²) in [5.74, 6) is 0.538. The molecule has 1 atom stereocenters. The number of nitrogens with one attached hydrogen (secondary N) is 1. The summed E-state index contributed by atoms with van der Waals surface area (Å²) in [6.45, 7) is 3.38. The molecule has 104 valence electrons. The normalized spacial score (nSPS) is 19.1. The first-order chi connectivity index (χ1) is 9.74. The number of aromatic amines is 1. The minimum absolute atomic E-state index is 0.0801. The van der Waals surface area contributed by atoms with Gasteiger partial charge in [-0.1, -0.05) is 0 Å². The predicted octanol–water partition coefficient (Wildman–Crippen LogP) is 0.722. The first-order valence-electron chi connectivity index (χ1n) is 6.44. The van der Waals surface area contributed by atoms with Gasteiger partial charge in [0.1, 0.15) is 11.8 Å². The molecule has 3 heterocycles. The average molecular weight is 273 g/mol. The Morgan fingerprint density at radius 2 is 2.35 bits per heavy atom. The Morgan fingerprint density at radius 1 is 1.45 bits per heavy atom. The second-order valence-corrected chi connectivity index (χ2v) is 4.64. The van der Waals surface area contributed by atoms with Crippen LogP contribution in [0.1, 0.15) is 28.1 Å². The number of amides is 1. The molecule has 1 aliphatic rings. The van der Waals surface area contributed by atoms with E-state index in [1.807, 2.05) is 13.0 Å². The monoisotopic (exact) mass is 273 g/mol. The summed E-state index contributed by atoms with van der Waals surface area (Å²) < 4.78 is 5.67. The van der Waals surface area contributed by atoms with Crippen LogP contribution in [0.25, 0.3) is 0 Å². The molecule has 7 nitrogen and oxygen atoms in total. The fraction of sp³-hybridized carbons (Fsp3) is 0.385. The Labute approximate surface area is 116 Å². The highest BCUT2D eigenvalue weighted by Crippen LogP contribution is 2.20. The average Bonchev–Trinajstić information content (AvgIpc) is 3.01. The van der Waals surface area contributed by atoms with Crippen molar-refractivity contribution in [1.82, 2.24) is 25.1 Å². The number of ether oxygens (including phenoxy) is 1. The first kappa shape index (κ1) is 12.7. The summed E-state index contributed by atoms with van der Waals surface area (Å²) in [7, 11) is 0. The molecule has 1 N–H and O–H groups in total.